The van der Waals surface area contributed by atoms with E-state index >= 15 is 0 Å². The largest absolute Gasteiger partial charge is 0.633 e. The fourth-order valence-electron chi connectivity index (χ4n) is 0.174. The smallest absolute Gasteiger partial charge is 0.152 e. The van der Waals surface area contributed by atoms with Crippen molar-refractivity contribution in [1.29, 1.82) is 0 Å². The molecule has 0 aromatic rings. The predicted octanol–water partition coefficient (Wildman–Crippen LogP) is -1.89. The lowest BCUT2D eigenvalue weighted by Crippen LogP contribution is -3.05. The van der Waals surface area contributed by atoms with E-state index in [4.69, 9.17) is 0 Å². The lowest BCUT2D eigenvalue weighted by atomic mass is 11.1. The van der Waals surface area contributed by atoms with E-state index in [1.54, 1.807) is 0 Å². The summed E-state index contributed by atoms with van der Waals surface area (Å²) in [6.07, 6.45) is 0. The number of hydrogen-bond acceptors (Lipinski definition) is 3. The van der Waals surface area contributed by atoms with E-state index in [9.17, 15) is 5.21 Å². The molecule has 0 rings (SSSR count). The van der Waals surface area contributed by atoms with Crippen LogP contribution in [0.15, 0.2) is 0 Å². The SMILES string of the molecule is CONC[NH+](C)[O-]. The van der Waals surface area contributed by atoms with Crippen LogP contribution in [0.2, 0.25) is 0 Å². The van der Waals surface area contributed by atoms with E-state index in [-0.39, 0.29) is 11.7 Å². The fourth-order valence-corrected chi connectivity index (χ4v) is 0.174. The van der Waals surface area contributed by atoms with Crippen LogP contribution < -0.4 is 10.5 Å². The quantitative estimate of drug-likeness (QED) is 0.326. The first kappa shape index (κ1) is 6.84. The maximum atomic E-state index is 10.1. The Morgan fingerprint density at radius 2 is 2.43 bits per heavy atom. The second kappa shape index (κ2) is 4.01. The third kappa shape index (κ3) is 5.84. The second-order valence-corrected chi connectivity index (χ2v) is 1.23. The van der Waals surface area contributed by atoms with Crippen molar-refractivity contribution in [1.82, 2.24) is 5.48 Å². The molecule has 0 aliphatic heterocycles. The molecule has 1 atom stereocenters. The van der Waals surface area contributed by atoms with Gasteiger partial charge in [0.05, 0.1) is 14.2 Å². The van der Waals surface area contributed by atoms with E-state index in [1.165, 1.54) is 14.2 Å². The molecule has 0 spiro atoms. The van der Waals surface area contributed by atoms with Gasteiger partial charge in [-0.1, -0.05) is 0 Å². The van der Waals surface area contributed by atoms with Gasteiger partial charge in [0.2, 0.25) is 0 Å². The third-order valence-corrected chi connectivity index (χ3v) is 0.465. The van der Waals surface area contributed by atoms with Gasteiger partial charge in [-0.05, 0) is 0 Å². The highest BCUT2D eigenvalue weighted by Crippen LogP contribution is 1.40. The molecule has 4 heteroatoms. The molecule has 1 unspecified atom stereocenters. The van der Waals surface area contributed by atoms with Crippen molar-refractivity contribution in [3.05, 3.63) is 5.21 Å². The number of hydroxylamine groups is 3. The van der Waals surface area contributed by atoms with Crippen LogP contribution in [0.5, 0.6) is 0 Å². The van der Waals surface area contributed by atoms with E-state index in [2.05, 4.69) is 10.3 Å². The molecule has 4 nitrogen and oxygen atoms in total. The molecule has 0 heterocycles. The first-order valence-corrected chi connectivity index (χ1v) is 2.02. The Morgan fingerprint density at radius 1 is 1.86 bits per heavy atom. The number of hydrogen-bond donors (Lipinski definition) is 2. The Kier molecular flexibility index (Phi) is 3.92. The molecule has 0 aromatic carbocycles. The first-order chi connectivity index (χ1) is 3.27. The van der Waals surface area contributed by atoms with Gasteiger partial charge >= 0.3 is 0 Å². The van der Waals surface area contributed by atoms with Gasteiger partial charge in [0.25, 0.3) is 0 Å². The average molecular weight is 106 g/mol. The van der Waals surface area contributed by atoms with Crippen LogP contribution in [0.3, 0.4) is 0 Å². The van der Waals surface area contributed by atoms with Crippen LogP contribution in [0, 0.1) is 5.21 Å². The zero-order valence-electron chi connectivity index (χ0n) is 4.52. The Bertz CT molecular complexity index is 39.9. The molecule has 0 bridgehead atoms. The lowest BCUT2D eigenvalue weighted by molar-refractivity contribution is -0.832. The highest BCUT2D eigenvalue weighted by molar-refractivity contribution is 4.04. The summed E-state index contributed by atoms with van der Waals surface area (Å²) in [5.41, 5.74) is 2.40. The van der Waals surface area contributed by atoms with Crippen LogP contribution in [0.1, 0.15) is 0 Å². The highest BCUT2D eigenvalue weighted by Gasteiger charge is 1.80. The summed E-state index contributed by atoms with van der Waals surface area (Å²) in [5.74, 6) is 0. The average Bonchev–Trinajstić information content (AvgIpc) is 1.61. The molecule has 0 saturated carbocycles. The van der Waals surface area contributed by atoms with Crippen molar-refractivity contribution in [2.24, 2.45) is 0 Å². The Morgan fingerprint density at radius 3 is 2.57 bits per heavy atom. The standard InChI is InChI=1S/C3H10N2O2/c1-5(6)3-4-7-2/h4-5H,3H2,1-2H3. The van der Waals surface area contributed by atoms with Crippen LogP contribution in [0.25, 0.3) is 0 Å². The molecular formula is C3H10N2O2. The summed E-state index contributed by atoms with van der Waals surface area (Å²) in [4.78, 5) is 4.38. The predicted molar refractivity (Wildman–Crippen MR) is 25.3 cm³/mol. The molecule has 0 fully saturated rings. The maximum Gasteiger partial charge on any atom is 0.152 e. The van der Waals surface area contributed by atoms with Gasteiger partial charge in [0, 0.05) is 0 Å². The Hall–Kier alpha value is -0.160. The maximum absolute atomic E-state index is 10.1. The third-order valence-electron chi connectivity index (χ3n) is 0.465. The summed E-state index contributed by atoms with van der Waals surface area (Å²) in [5, 5.41) is 10.1. The van der Waals surface area contributed by atoms with Gasteiger partial charge in [0.15, 0.2) is 6.67 Å². The van der Waals surface area contributed by atoms with Gasteiger partial charge in [0.1, 0.15) is 0 Å². The molecule has 0 aliphatic carbocycles. The summed E-state index contributed by atoms with van der Waals surface area (Å²) in [6, 6.07) is 0. The summed E-state index contributed by atoms with van der Waals surface area (Å²) < 4.78 is 0. The second-order valence-electron chi connectivity index (χ2n) is 1.23. The van der Waals surface area contributed by atoms with Crippen LogP contribution in [-0.2, 0) is 4.84 Å². The van der Waals surface area contributed by atoms with Crippen molar-refractivity contribution in [2.75, 3.05) is 20.8 Å². The van der Waals surface area contributed by atoms with Gasteiger partial charge < -0.3 is 15.1 Å². The highest BCUT2D eigenvalue weighted by atomic mass is 16.6. The van der Waals surface area contributed by atoms with E-state index in [0.29, 0.717) is 0 Å². The Labute approximate surface area is 42.6 Å². The van der Waals surface area contributed by atoms with Gasteiger partial charge in [-0.25, -0.2) is 0 Å². The van der Waals surface area contributed by atoms with Gasteiger partial charge in [-0.2, -0.15) is 5.48 Å². The van der Waals surface area contributed by atoms with Crippen LogP contribution in [0.4, 0.5) is 0 Å². The minimum Gasteiger partial charge on any atom is -0.633 e. The number of quaternary nitrogens is 1. The minimum absolute atomic E-state index is 0.0712. The molecular weight excluding hydrogens is 96.0 g/mol. The van der Waals surface area contributed by atoms with Crippen molar-refractivity contribution >= 4 is 0 Å². The summed E-state index contributed by atoms with van der Waals surface area (Å²) in [6.45, 7) is 0.288. The molecule has 0 radical (unpaired) electrons. The van der Waals surface area contributed by atoms with Gasteiger partial charge in [-0.3, -0.25) is 0 Å². The fraction of sp³-hybridized carbons (Fsp3) is 1.00. The molecule has 0 saturated heterocycles. The zero-order chi connectivity index (χ0) is 5.70. The molecule has 2 N–H and O–H groups in total. The number of rotatable bonds is 3. The minimum atomic E-state index is 0.0712. The first-order valence-electron chi connectivity index (χ1n) is 2.02. The molecule has 0 aromatic heterocycles. The van der Waals surface area contributed by atoms with Gasteiger partial charge in [-0.15, -0.1) is 0 Å². The van der Waals surface area contributed by atoms with Crippen molar-refractivity contribution in [3.63, 3.8) is 0 Å². The van der Waals surface area contributed by atoms with E-state index < -0.39 is 0 Å². The van der Waals surface area contributed by atoms with Crippen molar-refractivity contribution < 1.29 is 9.90 Å². The summed E-state index contributed by atoms with van der Waals surface area (Å²) >= 11 is 0. The molecule has 44 valence electrons. The zero-order valence-corrected chi connectivity index (χ0v) is 4.52. The van der Waals surface area contributed by atoms with E-state index in [0.717, 1.165) is 0 Å². The van der Waals surface area contributed by atoms with Crippen LogP contribution >= 0.6 is 0 Å². The monoisotopic (exact) mass is 106 g/mol. The molecule has 7 heavy (non-hydrogen) atoms. The lowest BCUT2D eigenvalue weighted by Gasteiger charge is -2.14. The normalized spacial score (nSPS) is 14.1. The van der Waals surface area contributed by atoms with E-state index in [1.807, 2.05) is 0 Å². The van der Waals surface area contributed by atoms with Crippen molar-refractivity contribution in [2.45, 2.75) is 0 Å². The van der Waals surface area contributed by atoms with Crippen molar-refractivity contribution in [3.8, 4) is 0 Å². The Balaban J connectivity index is 2.68. The molecule has 0 amide bonds. The summed E-state index contributed by atoms with van der Waals surface area (Å²) in [7, 11) is 2.97. The van der Waals surface area contributed by atoms with Crippen LogP contribution in [-0.4, -0.2) is 20.8 Å². The number of nitrogens with one attached hydrogen (secondary N) is 2. The molecule has 0 aliphatic rings. The topological polar surface area (TPSA) is 48.8 Å².